The van der Waals surface area contributed by atoms with E-state index in [-0.39, 0.29) is 20.4 Å². The number of fused-ring (bicyclic) bond motifs is 1. The molecule has 4 nitrogen and oxygen atoms in total. The van der Waals surface area contributed by atoms with E-state index in [9.17, 15) is 13.2 Å². The van der Waals surface area contributed by atoms with Crippen LogP contribution in [0.1, 0.15) is 14.8 Å². The molecule has 0 fully saturated rings. The van der Waals surface area contributed by atoms with Crippen LogP contribution in [0, 0.1) is 20.8 Å². The Hall–Kier alpha value is -0.880. The molecule has 0 aliphatic carbocycles. The molecule has 1 aromatic carbocycles. The smallest absolute Gasteiger partial charge is 0.485 e. The van der Waals surface area contributed by atoms with E-state index < -0.39 is 15.6 Å². The third kappa shape index (κ3) is 5.04. The third-order valence-electron chi connectivity index (χ3n) is 3.10. The Balaban J connectivity index is 0.000000284. The molecule has 0 amide bonds. The average molecular weight is 463 g/mol. The minimum absolute atomic E-state index is 0.112. The van der Waals surface area contributed by atoms with Gasteiger partial charge in [0.25, 0.3) is 0 Å². The van der Waals surface area contributed by atoms with E-state index in [1.54, 1.807) is 7.11 Å². The first-order valence-corrected chi connectivity index (χ1v) is 10.2. The summed E-state index contributed by atoms with van der Waals surface area (Å²) in [4.78, 5) is 0. The predicted molar refractivity (Wildman–Crippen MR) is 81.2 cm³/mol. The van der Waals surface area contributed by atoms with Crippen molar-refractivity contribution >= 4 is 39.5 Å². The minimum Gasteiger partial charge on any atom is -0.741 e. The summed E-state index contributed by atoms with van der Waals surface area (Å²) in [5, 5.41) is 0. The minimum atomic E-state index is -6.09. The van der Waals surface area contributed by atoms with Gasteiger partial charge in [-0.05, 0) is 0 Å². The average Bonchev–Trinajstić information content (AvgIpc) is 2.66. The number of alkyl halides is 3. The van der Waals surface area contributed by atoms with Gasteiger partial charge in [0, 0.05) is 0 Å². The van der Waals surface area contributed by atoms with Crippen LogP contribution in [0.2, 0.25) is 0 Å². The predicted octanol–water partition coefficient (Wildman–Crippen LogP) is 2.35. The number of hydrogen-bond acceptors (Lipinski definition) is 3. The summed E-state index contributed by atoms with van der Waals surface area (Å²) in [5.74, 6) is 0. The summed E-state index contributed by atoms with van der Waals surface area (Å²) in [5.41, 5.74) is -1.40. The molecule has 9 heteroatoms. The van der Waals surface area contributed by atoms with Crippen LogP contribution < -0.4 is 4.57 Å². The summed E-state index contributed by atoms with van der Waals surface area (Å²) in [6, 6.07) is 4.70. The van der Waals surface area contributed by atoms with Crippen LogP contribution in [-0.2, 0) is 16.7 Å². The summed E-state index contributed by atoms with van der Waals surface area (Å²) < 4.78 is 64.5. The summed E-state index contributed by atoms with van der Waals surface area (Å²) in [6.07, 6.45) is 1.99. The molecule has 0 spiro atoms. The second kappa shape index (κ2) is 7.34. The van der Waals surface area contributed by atoms with Crippen LogP contribution in [0.25, 0.3) is 8.92 Å². The zero-order valence-electron chi connectivity index (χ0n) is 12.8. The summed E-state index contributed by atoms with van der Waals surface area (Å²) in [6.45, 7) is 11.4. The SMILES string of the molecule is C=CC[n+]1c(C)[te]c2cc(C)c(C)cc21.O=S(=O)([O-])C(F)(F)F. The van der Waals surface area contributed by atoms with Gasteiger partial charge in [-0.3, -0.25) is 0 Å². The topological polar surface area (TPSA) is 61.1 Å². The summed E-state index contributed by atoms with van der Waals surface area (Å²) in [7, 11) is -6.09. The van der Waals surface area contributed by atoms with E-state index in [0.29, 0.717) is 0 Å². The third-order valence-corrected chi connectivity index (χ3v) is 6.70. The van der Waals surface area contributed by atoms with Gasteiger partial charge in [0.15, 0.2) is 10.1 Å². The molecule has 0 N–H and O–H groups in total. The van der Waals surface area contributed by atoms with Crippen LogP contribution in [0.3, 0.4) is 0 Å². The number of nitrogens with zero attached hydrogens (tertiary/aromatic N) is 1. The van der Waals surface area contributed by atoms with E-state index in [1.165, 1.54) is 16.6 Å². The van der Waals surface area contributed by atoms with Crippen molar-refractivity contribution in [1.29, 1.82) is 0 Å². The first kappa shape index (κ1) is 20.2. The van der Waals surface area contributed by atoms with Gasteiger partial charge in [-0.15, -0.1) is 0 Å². The van der Waals surface area contributed by atoms with Gasteiger partial charge in [0.2, 0.25) is 0 Å². The number of rotatable bonds is 2. The van der Waals surface area contributed by atoms with Gasteiger partial charge in [-0.1, -0.05) is 0 Å². The van der Waals surface area contributed by atoms with Gasteiger partial charge >= 0.3 is 106 Å². The molecule has 1 heterocycles. The number of benzene rings is 1. The maximum Gasteiger partial charge on any atom is 0.485 e. The molecule has 0 bridgehead atoms. The Morgan fingerprint density at radius 1 is 1.26 bits per heavy atom. The first-order valence-electron chi connectivity index (χ1n) is 6.41. The quantitative estimate of drug-likeness (QED) is 0.226. The molecule has 23 heavy (non-hydrogen) atoms. The zero-order chi connectivity index (χ0) is 18.0. The fraction of sp³-hybridized carbons (Fsp3) is 0.357. The Bertz CT molecular complexity index is 826. The van der Waals surface area contributed by atoms with Gasteiger partial charge < -0.3 is 4.55 Å². The monoisotopic (exact) mass is 465 g/mol. The standard InChI is InChI=1S/C13H16NTe.CHF3O3S/c1-5-6-14-11(4)15-13-8-10(3)9(2)7-12(13)14;2-1(3,4)8(5,6)7/h5,7-8H,1,6H2,2-4H3;(H,5,6,7)/q+1;/p-1. The van der Waals surface area contributed by atoms with Crippen molar-refractivity contribution in [1.82, 2.24) is 0 Å². The van der Waals surface area contributed by atoms with Crippen molar-refractivity contribution in [2.24, 2.45) is 0 Å². The normalized spacial score (nSPS) is 12.0. The van der Waals surface area contributed by atoms with E-state index in [1.807, 2.05) is 6.08 Å². The number of allylic oxidation sites excluding steroid dienone is 1. The Morgan fingerprint density at radius 2 is 1.74 bits per heavy atom. The van der Waals surface area contributed by atoms with Gasteiger partial charge in [0.1, 0.15) is 0 Å². The number of aryl methyl sites for hydroxylation is 3. The van der Waals surface area contributed by atoms with Crippen molar-refractivity contribution in [3.05, 3.63) is 39.6 Å². The second-order valence-electron chi connectivity index (χ2n) is 4.82. The van der Waals surface area contributed by atoms with E-state index in [0.717, 1.165) is 6.54 Å². The number of aromatic nitrogens is 1. The maximum absolute atomic E-state index is 10.7. The van der Waals surface area contributed by atoms with Crippen LogP contribution in [0.5, 0.6) is 0 Å². The van der Waals surface area contributed by atoms with Crippen molar-refractivity contribution in [3.8, 4) is 0 Å². The molecule has 0 radical (unpaired) electrons. The van der Waals surface area contributed by atoms with Crippen LogP contribution in [-0.4, -0.2) is 38.9 Å². The molecule has 128 valence electrons. The molecule has 1 aromatic heterocycles. The molecule has 0 unspecified atom stereocenters. The van der Waals surface area contributed by atoms with Crippen molar-refractivity contribution < 1.29 is 30.7 Å². The maximum atomic E-state index is 10.7. The molecule has 0 atom stereocenters. The van der Waals surface area contributed by atoms with Gasteiger partial charge in [-0.2, -0.15) is 13.2 Å². The number of halogens is 3. The van der Waals surface area contributed by atoms with Crippen LogP contribution >= 0.6 is 0 Å². The largest absolute Gasteiger partial charge is 0.741 e. The Labute approximate surface area is 142 Å². The van der Waals surface area contributed by atoms with Gasteiger partial charge in [0.05, 0.1) is 0 Å². The molecular formula is C14H16F3NO3STe. The van der Waals surface area contributed by atoms with Crippen molar-refractivity contribution in [3.63, 3.8) is 0 Å². The molecule has 2 aromatic rings. The van der Waals surface area contributed by atoms with Gasteiger partial charge in [-0.25, -0.2) is 8.42 Å². The molecule has 0 saturated carbocycles. The molecular weight excluding hydrogens is 447 g/mol. The molecule has 0 saturated heterocycles. The van der Waals surface area contributed by atoms with E-state index >= 15 is 0 Å². The van der Waals surface area contributed by atoms with E-state index in [2.05, 4.69) is 44.0 Å². The fourth-order valence-electron chi connectivity index (χ4n) is 1.81. The molecule has 0 aliphatic heterocycles. The second-order valence-corrected chi connectivity index (χ2v) is 9.72. The van der Waals surface area contributed by atoms with E-state index in [4.69, 9.17) is 13.0 Å². The van der Waals surface area contributed by atoms with Crippen molar-refractivity contribution in [2.75, 3.05) is 0 Å². The summed E-state index contributed by atoms with van der Waals surface area (Å²) >= 11 is -0.112. The fourth-order valence-corrected chi connectivity index (χ4v) is 4.98. The first-order chi connectivity index (χ1) is 10.4. The molecule has 2 rings (SSSR count). The number of hydrogen-bond donors (Lipinski definition) is 0. The van der Waals surface area contributed by atoms with Crippen LogP contribution in [0.15, 0.2) is 24.8 Å². The zero-order valence-corrected chi connectivity index (χ0v) is 15.9. The van der Waals surface area contributed by atoms with Crippen LogP contribution in [0.4, 0.5) is 13.2 Å². The Morgan fingerprint density at radius 3 is 2.17 bits per heavy atom. The Kier molecular flexibility index (Phi) is 6.44. The molecule has 0 aliphatic rings. The van der Waals surface area contributed by atoms with Crippen molar-refractivity contribution in [2.45, 2.75) is 32.8 Å².